The first-order chi connectivity index (χ1) is 12.4. The molecule has 0 amide bonds. The number of Topliss-reactive ketones (excluding diaryl/α,β-unsaturated/α-hetero) is 1. The van der Waals surface area contributed by atoms with E-state index in [0.717, 1.165) is 0 Å². The molecule has 0 heterocycles. The van der Waals surface area contributed by atoms with Crippen LogP contribution in [0.25, 0.3) is 0 Å². The lowest BCUT2D eigenvalue weighted by Crippen LogP contribution is -2.24. The molecule has 0 radical (unpaired) electrons. The Hall–Kier alpha value is -3.09. The molecule has 6 nitrogen and oxygen atoms in total. The minimum atomic E-state index is -1.05. The number of hydrogen-bond donors (Lipinski definition) is 0. The zero-order chi connectivity index (χ0) is 19.3. The first kappa shape index (κ1) is 19.2. The van der Waals surface area contributed by atoms with E-state index < -0.39 is 23.7 Å². The maximum atomic E-state index is 13.0. The number of rotatable bonds is 7. The number of hydrogen-bond acceptors (Lipinski definition) is 6. The van der Waals surface area contributed by atoms with Crippen molar-refractivity contribution < 1.29 is 32.9 Å². The van der Waals surface area contributed by atoms with Gasteiger partial charge in [0.05, 0.1) is 26.9 Å². The molecule has 0 N–H and O–H groups in total. The van der Waals surface area contributed by atoms with Crippen LogP contribution in [0.4, 0.5) is 4.39 Å². The van der Waals surface area contributed by atoms with Crippen LogP contribution >= 0.6 is 0 Å². The van der Waals surface area contributed by atoms with E-state index in [4.69, 9.17) is 18.9 Å². The van der Waals surface area contributed by atoms with Gasteiger partial charge in [0, 0.05) is 5.56 Å². The fourth-order valence-corrected chi connectivity index (χ4v) is 2.33. The molecule has 2 rings (SSSR count). The van der Waals surface area contributed by atoms with Gasteiger partial charge >= 0.3 is 5.97 Å². The summed E-state index contributed by atoms with van der Waals surface area (Å²) in [6.45, 7) is 1.45. The topological polar surface area (TPSA) is 71.1 Å². The number of carbonyl (C=O) groups excluding carboxylic acids is 2. The third-order valence-corrected chi connectivity index (χ3v) is 3.68. The molecule has 0 aliphatic carbocycles. The van der Waals surface area contributed by atoms with E-state index in [0.29, 0.717) is 5.75 Å². The maximum Gasteiger partial charge on any atom is 0.339 e. The van der Waals surface area contributed by atoms with Crippen molar-refractivity contribution in [2.45, 2.75) is 13.0 Å². The number of benzene rings is 2. The highest BCUT2D eigenvalue weighted by atomic mass is 19.1. The molecule has 138 valence electrons. The summed E-state index contributed by atoms with van der Waals surface area (Å²) < 4.78 is 33.7. The van der Waals surface area contributed by atoms with Crippen molar-refractivity contribution in [1.29, 1.82) is 0 Å². The van der Waals surface area contributed by atoms with Gasteiger partial charge in [-0.05, 0) is 43.3 Å². The summed E-state index contributed by atoms with van der Waals surface area (Å²) in [5.41, 5.74) is 0.384. The SMILES string of the molecule is COc1cc(C(=O)O[C@H](C)C(=O)c2ccc(F)cc2)cc(OC)c1OC. The molecule has 26 heavy (non-hydrogen) atoms. The van der Waals surface area contributed by atoms with Crippen molar-refractivity contribution in [3.8, 4) is 17.2 Å². The standard InChI is InChI=1S/C19H19FO6/c1-11(17(21)12-5-7-14(20)8-6-12)26-19(22)13-9-15(23-2)18(25-4)16(10-13)24-3/h5-11H,1-4H3/t11-/m1/s1. The zero-order valence-electron chi connectivity index (χ0n) is 14.9. The summed E-state index contributed by atoms with van der Waals surface area (Å²) in [5, 5.41) is 0. The average molecular weight is 362 g/mol. The molecule has 0 fully saturated rings. The normalized spacial score (nSPS) is 11.4. The highest BCUT2D eigenvalue weighted by Gasteiger charge is 2.23. The van der Waals surface area contributed by atoms with Gasteiger partial charge in [0.1, 0.15) is 5.82 Å². The molecule has 7 heteroatoms. The lowest BCUT2D eigenvalue weighted by molar-refractivity contribution is 0.0318. The third kappa shape index (κ3) is 4.11. The van der Waals surface area contributed by atoms with Gasteiger partial charge in [-0.1, -0.05) is 0 Å². The fourth-order valence-electron chi connectivity index (χ4n) is 2.33. The average Bonchev–Trinajstić information content (AvgIpc) is 2.66. The molecule has 0 aliphatic heterocycles. The summed E-state index contributed by atoms with van der Waals surface area (Å²) in [4.78, 5) is 24.7. The van der Waals surface area contributed by atoms with E-state index >= 15 is 0 Å². The predicted octanol–water partition coefficient (Wildman–Crippen LogP) is 3.28. The number of ether oxygens (including phenoxy) is 4. The molecule has 0 aromatic heterocycles. The Morgan fingerprint density at radius 2 is 1.42 bits per heavy atom. The summed E-state index contributed by atoms with van der Waals surface area (Å²) in [6.07, 6.45) is -1.05. The van der Waals surface area contributed by atoms with E-state index in [1.54, 1.807) is 0 Å². The summed E-state index contributed by atoms with van der Waals surface area (Å²) in [7, 11) is 4.29. The second-order valence-electron chi connectivity index (χ2n) is 5.33. The summed E-state index contributed by atoms with van der Waals surface area (Å²) in [5.74, 6) is -0.712. The Morgan fingerprint density at radius 1 is 0.885 bits per heavy atom. The fraction of sp³-hybridized carbons (Fsp3) is 0.263. The van der Waals surface area contributed by atoms with E-state index in [1.165, 1.54) is 64.7 Å². The van der Waals surface area contributed by atoms with Gasteiger partial charge in [-0.3, -0.25) is 4.79 Å². The predicted molar refractivity (Wildman–Crippen MR) is 91.7 cm³/mol. The highest BCUT2D eigenvalue weighted by Crippen LogP contribution is 2.38. The highest BCUT2D eigenvalue weighted by molar-refractivity contribution is 6.01. The molecule has 1 atom stereocenters. The van der Waals surface area contributed by atoms with Crippen LogP contribution in [0.5, 0.6) is 17.2 Å². The third-order valence-electron chi connectivity index (χ3n) is 3.68. The number of esters is 1. The van der Waals surface area contributed by atoms with Gasteiger partial charge < -0.3 is 18.9 Å². The van der Waals surface area contributed by atoms with Crippen LogP contribution in [0.2, 0.25) is 0 Å². The number of carbonyl (C=O) groups is 2. The molecular weight excluding hydrogens is 343 g/mol. The van der Waals surface area contributed by atoms with Gasteiger partial charge in [0.15, 0.2) is 17.6 Å². The van der Waals surface area contributed by atoms with Crippen LogP contribution < -0.4 is 14.2 Å². The van der Waals surface area contributed by atoms with Crippen molar-refractivity contribution in [2.75, 3.05) is 21.3 Å². The van der Waals surface area contributed by atoms with Crippen LogP contribution in [0.1, 0.15) is 27.6 Å². The van der Waals surface area contributed by atoms with Gasteiger partial charge in [0.2, 0.25) is 11.5 Å². The van der Waals surface area contributed by atoms with Crippen molar-refractivity contribution in [3.05, 3.63) is 53.3 Å². The lowest BCUT2D eigenvalue weighted by Gasteiger charge is -2.15. The molecule has 2 aromatic rings. The minimum absolute atomic E-state index is 0.137. The van der Waals surface area contributed by atoms with Crippen LogP contribution in [-0.2, 0) is 4.74 Å². The van der Waals surface area contributed by atoms with Gasteiger partial charge in [-0.15, -0.1) is 0 Å². The van der Waals surface area contributed by atoms with Crippen molar-refractivity contribution in [1.82, 2.24) is 0 Å². The van der Waals surface area contributed by atoms with E-state index in [-0.39, 0.29) is 22.6 Å². The van der Waals surface area contributed by atoms with E-state index in [9.17, 15) is 14.0 Å². The Kier molecular flexibility index (Phi) is 6.16. The zero-order valence-corrected chi connectivity index (χ0v) is 14.9. The molecular formula is C19H19FO6. The van der Waals surface area contributed by atoms with Crippen LogP contribution in [0.15, 0.2) is 36.4 Å². The van der Waals surface area contributed by atoms with Gasteiger partial charge in [-0.2, -0.15) is 0 Å². The van der Waals surface area contributed by atoms with E-state index in [2.05, 4.69) is 0 Å². The molecule has 0 spiro atoms. The first-order valence-electron chi connectivity index (χ1n) is 7.72. The van der Waals surface area contributed by atoms with Crippen LogP contribution in [0.3, 0.4) is 0 Å². The number of ketones is 1. The second-order valence-corrected chi connectivity index (χ2v) is 5.33. The van der Waals surface area contributed by atoms with Crippen molar-refractivity contribution in [2.24, 2.45) is 0 Å². The molecule has 0 saturated carbocycles. The smallest absolute Gasteiger partial charge is 0.339 e. The lowest BCUT2D eigenvalue weighted by atomic mass is 10.1. The minimum Gasteiger partial charge on any atom is -0.493 e. The number of methoxy groups -OCH3 is 3. The maximum absolute atomic E-state index is 13.0. The Bertz CT molecular complexity index is 775. The monoisotopic (exact) mass is 362 g/mol. The Balaban J connectivity index is 2.21. The van der Waals surface area contributed by atoms with Crippen LogP contribution in [-0.4, -0.2) is 39.2 Å². The molecule has 0 unspecified atom stereocenters. The molecule has 0 bridgehead atoms. The van der Waals surface area contributed by atoms with Crippen molar-refractivity contribution in [3.63, 3.8) is 0 Å². The first-order valence-corrected chi connectivity index (χ1v) is 7.72. The van der Waals surface area contributed by atoms with Gasteiger partial charge in [0.25, 0.3) is 0 Å². The Morgan fingerprint density at radius 3 is 1.88 bits per heavy atom. The summed E-state index contributed by atoms with van der Waals surface area (Å²) >= 11 is 0. The number of halogens is 1. The molecule has 2 aromatic carbocycles. The quantitative estimate of drug-likeness (QED) is 0.556. The second kappa shape index (κ2) is 8.33. The van der Waals surface area contributed by atoms with Crippen LogP contribution in [0, 0.1) is 5.82 Å². The molecule has 0 aliphatic rings. The van der Waals surface area contributed by atoms with Crippen molar-refractivity contribution >= 4 is 11.8 Å². The largest absolute Gasteiger partial charge is 0.493 e. The molecule has 0 saturated heterocycles. The summed E-state index contributed by atoms with van der Waals surface area (Å²) in [6, 6.07) is 7.86. The van der Waals surface area contributed by atoms with E-state index in [1.807, 2.05) is 0 Å². The van der Waals surface area contributed by atoms with Gasteiger partial charge in [-0.25, -0.2) is 9.18 Å². The Labute approximate surface area is 150 Å².